The third-order valence-corrected chi connectivity index (χ3v) is 5.43. The van der Waals surface area contributed by atoms with Gasteiger partial charge in [0.2, 0.25) is 5.91 Å². The maximum absolute atomic E-state index is 13.6. The van der Waals surface area contributed by atoms with Crippen LogP contribution in [0.3, 0.4) is 0 Å². The smallest absolute Gasteiger partial charge is 0.255 e. The summed E-state index contributed by atoms with van der Waals surface area (Å²) in [4.78, 5) is 32.8. The summed E-state index contributed by atoms with van der Waals surface area (Å²) in [5.41, 5.74) is 3.82. The van der Waals surface area contributed by atoms with Crippen molar-refractivity contribution in [2.75, 3.05) is 18.4 Å². The Kier molecular flexibility index (Phi) is 7.28. The molecule has 0 spiro atoms. The van der Waals surface area contributed by atoms with E-state index in [-0.39, 0.29) is 30.3 Å². The minimum atomic E-state index is -0.214. The number of hydrogen-bond donors (Lipinski definition) is 1. The van der Waals surface area contributed by atoms with Crippen molar-refractivity contribution in [3.63, 3.8) is 0 Å². The van der Waals surface area contributed by atoms with Gasteiger partial charge in [-0.05, 0) is 50.8 Å². The first-order chi connectivity index (χ1) is 15.2. The van der Waals surface area contributed by atoms with Crippen LogP contribution in [0.1, 0.15) is 74.6 Å². The Morgan fingerprint density at radius 1 is 1.16 bits per heavy atom. The number of carbonyl (C=O) groups is 2. The molecule has 2 aromatic heterocycles. The molecule has 0 saturated heterocycles. The van der Waals surface area contributed by atoms with E-state index in [2.05, 4.69) is 24.3 Å². The predicted molar refractivity (Wildman–Crippen MR) is 128 cm³/mol. The lowest BCUT2D eigenvalue weighted by Gasteiger charge is -2.23. The van der Waals surface area contributed by atoms with Crippen molar-refractivity contribution in [2.45, 2.75) is 59.9 Å². The van der Waals surface area contributed by atoms with Crippen molar-refractivity contribution in [1.29, 1.82) is 0 Å². The summed E-state index contributed by atoms with van der Waals surface area (Å²) in [7, 11) is 0. The topological polar surface area (TPSA) is 80.1 Å². The Morgan fingerprint density at radius 3 is 2.50 bits per heavy atom. The number of aryl methyl sites for hydroxylation is 1. The number of nitrogens with one attached hydrogen (secondary N) is 1. The van der Waals surface area contributed by atoms with Crippen molar-refractivity contribution in [1.82, 2.24) is 19.7 Å². The molecule has 1 aromatic carbocycles. The van der Waals surface area contributed by atoms with Crippen molar-refractivity contribution in [3.05, 3.63) is 53.3 Å². The van der Waals surface area contributed by atoms with Gasteiger partial charge in [0, 0.05) is 24.0 Å². The van der Waals surface area contributed by atoms with Gasteiger partial charge in [0.05, 0.1) is 17.1 Å². The molecule has 0 aliphatic rings. The van der Waals surface area contributed by atoms with Crippen molar-refractivity contribution >= 4 is 28.5 Å². The van der Waals surface area contributed by atoms with Crippen LogP contribution in [-0.4, -0.2) is 44.6 Å². The molecule has 2 heterocycles. The van der Waals surface area contributed by atoms with Crippen LogP contribution in [0.15, 0.2) is 36.5 Å². The first-order valence-corrected chi connectivity index (χ1v) is 11.3. The molecule has 3 rings (SSSR count). The Morgan fingerprint density at radius 2 is 1.88 bits per heavy atom. The van der Waals surface area contributed by atoms with E-state index in [4.69, 9.17) is 4.98 Å². The summed E-state index contributed by atoms with van der Waals surface area (Å²) in [5.74, 6) is -0.233. The van der Waals surface area contributed by atoms with Crippen LogP contribution in [-0.2, 0) is 4.79 Å². The fraction of sp³-hybridized carbons (Fsp3) is 0.440. The molecule has 2 amide bonds. The van der Waals surface area contributed by atoms with Gasteiger partial charge >= 0.3 is 0 Å². The molecule has 0 fully saturated rings. The second kappa shape index (κ2) is 9.94. The van der Waals surface area contributed by atoms with Crippen LogP contribution in [0.4, 0.5) is 5.69 Å². The summed E-state index contributed by atoms with van der Waals surface area (Å²) < 4.78 is 1.84. The maximum atomic E-state index is 13.6. The van der Waals surface area contributed by atoms with Crippen LogP contribution < -0.4 is 5.32 Å². The molecule has 0 saturated carbocycles. The first-order valence-electron chi connectivity index (χ1n) is 11.3. The fourth-order valence-electron chi connectivity index (χ4n) is 3.66. The second-order valence-corrected chi connectivity index (χ2v) is 8.76. The Balaban J connectivity index is 1.95. The number of amides is 2. The lowest BCUT2D eigenvalue weighted by atomic mass is 10.0. The highest BCUT2D eigenvalue weighted by Gasteiger charge is 2.24. The van der Waals surface area contributed by atoms with Gasteiger partial charge in [0.25, 0.3) is 5.91 Å². The fourth-order valence-corrected chi connectivity index (χ4v) is 3.66. The molecule has 1 N–H and O–H groups in total. The predicted octanol–water partition coefficient (Wildman–Crippen LogP) is 4.93. The van der Waals surface area contributed by atoms with Crippen LogP contribution in [0.5, 0.6) is 0 Å². The van der Waals surface area contributed by atoms with Crippen molar-refractivity contribution in [2.24, 2.45) is 0 Å². The van der Waals surface area contributed by atoms with Crippen molar-refractivity contribution < 1.29 is 9.59 Å². The van der Waals surface area contributed by atoms with Crippen LogP contribution in [0.25, 0.3) is 11.0 Å². The van der Waals surface area contributed by atoms with Crippen LogP contribution >= 0.6 is 0 Å². The van der Waals surface area contributed by atoms with E-state index in [9.17, 15) is 9.59 Å². The second-order valence-electron chi connectivity index (χ2n) is 8.76. The van der Waals surface area contributed by atoms with Gasteiger partial charge in [0.1, 0.15) is 6.54 Å². The Labute approximate surface area is 189 Å². The quantitative estimate of drug-likeness (QED) is 0.544. The number of nitrogens with zero attached hydrogens (tertiary/aromatic N) is 4. The number of pyridine rings is 1. The number of fused-ring (bicyclic) bond motifs is 1. The average Bonchev–Trinajstić information content (AvgIpc) is 3.18. The molecule has 0 bridgehead atoms. The number of anilines is 1. The van der Waals surface area contributed by atoms with Crippen LogP contribution in [0, 0.1) is 6.92 Å². The zero-order valence-electron chi connectivity index (χ0n) is 19.8. The molecule has 170 valence electrons. The summed E-state index contributed by atoms with van der Waals surface area (Å²) >= 11 is 0. The zero-order chi connectivity index (χ0) is 23.4. The number of carbonyl (C=O) groups excluding carboxylic acids is 2. The number of para-hydroxylation sites is 1. The van der Waals surface area contributed by atoms with E-state index in [1.807, 2.05) is 62.7 Å². The molecular formula is C25H33N5O2. The normalized spacial score (nSPS) is 11.4. The van der Waals surface area contributed by atoms with Gasteiger partial charge < -0.3 is 10.2 Å². The number of benzene rings is 1. The monoisotopic (exact) mass is 435 g/mol. The van der Waals surface area contributed by atoms with E-state index in [1.54, 1.807) is 11.1 Å². The zero-order valence-corrected chi connectivity index (χ0v) is 19.8. The average molecular weight is 436 g/mol. The molecule has 0 unspecified atom stereocenters. The highest BCUT2D eigenvalue weighted by Crippen LogP contribution is 2.25. The lowest BCUT2D eigenvalue weighted by molar-refractivity contribution is -0.116. The third kappa shape index (κ3) is 4.98. The number of aromatic nitrogens is 3. The van der Waals surface area contributed by atoms with E-state index in [0.29, 0.717) is 23.1 Å². The van der Waals surface area contributed by atoms with Gasteiger partial charge in [-0.3, -0.25) is 9.59 Å². The highest BCUT2D eigenvalue weighted by atomic mass is 16.2. The Hall–Kier alpha value is -3.22. The Bertz CT molecular complexity index is 1120. The standard InChI is InChI=1S/C25H33N5O2/c1-7-12-29(15-23(31)27-21-11-9-8-10-18(21)6)25(32)19-13-22(16(2)3)28-24-20(19)14-26-30(24)17(4)5/h8-11,13-14,16-17H,7,12,15H2,1-6H3,(H,27,31). The molecule has 0 radical (unpaired) electrons. The minimum Gasteiger partial charge on any atom is -0.329 e. The van der Waals surface area contributed by atoms with Gasteiger partial charge in [-0.1, -0.05) is 39.0 Å². The number of hydrogen-bond acceptors (Lipinski definition) is 4. The minimum absolute atomic E-state index is 0.0137. The summed E-state index contributed by atoms with van der Waals surface area (Å²) in [6.07, 6.45) is 2.46. The molecule has 0 aliphatic carbocycles. The van der Waals surface area contributed by atoms with Gasteiger partial charge in [-0.2, -0.15) is 5.10 Å². The van der Waals surface area contributed by atoms with E-state index < -0.39 is 0 Å². The van der Waals surface area contributed by atoms with Crippen molar-refractivity contribution in [3.8, 4) is 0 Å². The van der Waals surface area contributed by atoms with Gasteiger partial charge in [-0.15, -0.1) is 0 Å². The molecule has 7 nitrogen and oxygen atoms in total. The highest BCUT2D eigenvalue weighted by molar-refractivity contribution is 6.07. The van der Waals surface area contributed by atoms with Gasteiger partial charge in [-0.25, -0.2) is 9.67 Å². The lowest BCUT2D eigenvalue weighted by Crippen LogP contribution is -2.38. The van der Waals surface area contributed by atoms with E-state index in [0.717, 1.165) is 23.4 Å². The van der Waals surface area contributed by atoms with Gasteiger partial charge in [0.15, 0.2) is 5.65 Å². The van der Waals surface area contributed by atoms with Crippen LogP contribution in [0.2, 0.25) is 0 Å². The number of rotatable bonds is 8. The summed E-state index contributed by atoms with van der Waals surface area (Å²) in [6.45, 7) is 12.6. The summed E-state index contributed by atoms with van der Waals surface area (Å²) in [6, 6.07) is 9.58. The largest absolute Gasteiger partial charge is 0.329 e. The SMILES string of the molecule is CCCN(CC(=O)Nc1ccccc1C)C(=O)c1cc(C(C)C)nc2c1cnn2C(C)C. The first kappa shape index (κ1) is 23.4. The molecule has 0 atom stereocenters. The third-order valence-electron chi connectivity index (χ3n) is 5.43. The summed E-state index contributed by atoms with van der Waals surface area (Å²) in [5, 5.41) is 8.12. The molecule has 0 aliphatic heterocycles. The van der Waals surface area contributed by atoms with E-state index in [1.165, 1.54) is 0 Å². The maximum Gasteiger partial charge on any atom is 0.255 e. The molecule has 7 heteroatoms. The molecule has 32 heavy (non-hydrogen) atoms. The van der Waals surface area contributed by atoms with E-state index >= 15 is 0 Å². The molecular weight excluding hydrogens is 402 g/mol. The molecule has 3 aromatic rings.